The molecule has 0 aromatic heterocycles. The van der Waals surface area contributed by atoms with Gasteiger partial charge >= 0.3 is 11.8 Å². The summed E-state index contributed by atoms with van der Waals surface area (Å²) >= 11 is 5.92. The predicted octanol–water partition coefficient (Wildman–Crippen LogP) is 2.34. The van der Waals surface area contributed by atoms with Crippen LogP contribution in [0, 0.1) is 5.92 Å². The van der Waals surface area contributed by atoms with Gasteiger partial charge in [0.15, 0.2) is 0 Å². The van der Waals surface area contributed by atoms with Crippen molar-refractivity contribution in [2.75, 3.05) is 11.9 Å². The molecule has 1 aromatic carbocycles. The van der Waals surface area contributed by atoms with Crippen molar-refractivity contribution in [2.24, 2.45) is 5.92 Å². The number of hydrogen-bond donors (Lipinski definition) is 3. The molecule has 0 aliphatic heterocycles. The summed E-state index contributed by atoms with van der Waals surface area (Å²) in [5, 5.41) is 15.4. The fourth-order valence-corrected chi connectivity index (χ4v) is 2.89. The Bertz CT molecular complexity index is 530. The van der Waals surface area contributed by atoms with E-state index in [2.05, 4.69) is 10.6 Å². The normalized spacial score (nSPS) is 16.8. The van der Waals surface area contributed by atoms with Crippen LogP contribution in [0.15, 0.2) is 24.3 Å². The maximum atomic E-state index is 11.8. The summed E-state index contributed by atoms with van der Waals surface area (Å²) in [5.41, 5.74) is 0.386. The molecular weight excluding hydrogens is 304 g/mol. The van der Waals surface area contributed by atoms with Crippen LogP contribution in [0.5, 0.6) is 0 Å². The molecule has 120 valence electrons. The molecule has 1 saturated carbocycles. The summed E-state index contributed by atoms with van der Waals surface area (Å²) in [7, 11) is 0. The number of aliphatic hydroxyl groups is 1. The molecule has 2 rings (SSSR count). The first-order valence-corrected chi connectivity index (χ1v) is 7.97. The molecule has 3 N–H and O–H groups in total. The summed E-state index contributed by atoms with van der Waals surface area (Å²) in [6.45, 7) is 0.0967. The maximum absolute atomic E-state index is 11.8. The van der Waals surface area contributed by atoms with E-state index in [1.54, 1.807) is 24.3 Å². The van der Waals surface area contributed by atoms with E-state index in [9.17, 15) is 14.7 Å². The third-order valence-corrected chi connectivity index (χ3v) is 4.32. The maximum Gasteiger partial charge on any atom is 0.313 e. The van der Waals surface area contributed by atoms with Gasteiger partial charge in [0.1, 0.15) is 0 Å². The third-order valence-electron chi connectivity index (χ3n) is 3.99. The molecule has 0 heterocycles. The number of amides is 2. The van der Waals surface area contributed by atoms with Crippen molar-refractivity contribution < 1.29 is 14.7 Å². The lowest BCUT2D eigenvalue weighted by atomic mass is 9.85. The predicted molar refractivity (Wildman–Crippen MR) is 85.7 cm³/mol. The van der Waals surface area contributed by atoms with Gasteiger partial charge in [-0.3, -0.25) is 9.59 Å². The highest BCUT2D eigenvalue weighted by Crippen LogP contribution is 2.26. The Morgan fingerprint density at radius 2 is 1.86 bits per heavy atom. The van der Waals surface area contributed by atoms with Gasteiger partial charge in [-0.1, -0.05) is 43.0 Å². The molecule has 1 aromatic rings. The number of carbonyl (C=O) groups is 2. The van der Waals surface area contributed by atoms with E-state index in [0.717, 1.165) is 25.7 Å². The van der Waals surface area contributed by atoms with Crippen LogP contribution >= 0.6 is 11.6 Å². The average molecular weight is 325 g/mol. The van der Waals surface area contributed by atoms with E-state index >= 15 is 0 Å². The van der Waals surface area contributed by atoms with E-state index in [4.69, 9.17) is 11.6 Å². The Labute approximate surface area is 135 Å². The van der Waals surface area contributed by atoms with Crippen molar-refractivity contribution in [3.05, 3.63) is 29.3 Å². The molecule has 0 bridgehead atoms. The van der Waals surface area contributed by atoms with Crippen molar-refractivity contribution in [3.8, 4) is 0 Å². The lowest BCUT2D eigenvalue weighted by Crippen LogP contribution is -2.42. The van der Waals surface area contributed by atoms with Crippen molar-refractivity contribution in [1.82, 2.24) is 5.32 Å². The van der Waals surface area contributed by atoms with Gasteiger partial charge in [-0.15, -0.1) is 0 Å². The second-order valence-corrected chi connectivity index (χ2v) is 6.02. The highest BCUT2D eigenvalue weighted by atomic mass is 35.5. The number of benzene rings is 1. The average Bonchev–Trinajstić information content (AvgIpc) is 2.55. The van der Waals surface area contributed by atoms with Gasteiger partial charge in [0.05, 0.1) is 16.8 Å². The molecule has 0 radical (unpaired) electrons. The third kappa shape index (κ3) is 4.71. The van der Waals surface area contributed by atoms with Gasteiger partial charge in [-0.25, -0.2) is 0 Å². The Balaban J connectivity index is 1.79. The molecule has 1 fully saturated rings. The number of hydrogen-bond acceptors (Lipinski definition) is 3. The largest absolute Gasteiger partial charge is 0.391 e. The second-order valence-electron chi connectivity index (χ2n) is 5.61. The van der Waals surface area contributed by atoms with Gasteiger partial charge in [-0.2, -0.15) is 0 Å². The summed E-state index contributed by atoms with van der Waals surface area (Å²) in [6, 6.07) is 6.69. The van der Waals surface area contributed by atoms with Crippen molar-refractivity contribution >= 4 is 29.1 Å². The molecule has 1 aliphatic rings. The number of aliphatic hydroxyl groups excluding tert-OH is 1. The number of carbonyl (C=O) groups excluding carboxylic acids is 2. The van der Waals surface area contributed by atoms with Crippen molar-refractivity contribution in [1.29, 1.82) is 0 Å². The first kappa shape index (κ1) is 16.8. The van der Waals surface area contributed by atoms with Crippen LogP contribution in [0.1, 0.15) is 32.1 Å². The summed E-state index contributed by atoms with van der Waals surface area (Å²) < 4.78 is 0. The molecule has 1 unspecified atom stereocenters. The Hall–Kier alpha value is -1.59. The van der Waals surface area contributed by atoms with Gasteiger partial charge < -0.3 is 15.7 Å². The minimum atomic E-state index is -0.788. The van der Waals surface area contributed by atoms with E-state index in [-0.39, 0.29) is 12.5 Å². The molecular formula is C16H21ClN2O3. The molecule has 0 saturated heterocycles. The van der Waals surface area contributed by atoms with Crippen molar-refractivity contribution in [3.63, 3.8) is 0 Å². The molecule has 5 nitrogen and oxygen atoms in total. The van der Waals surface area contributed by atoms with Crippen LogP contribution in [0.4, 0.5) is 5.69 Å². The number of halogens is 1. The number of anilines is 1. The van der Waals surface area contributed by atoms with Crippen LogP contribution in [0.25, 0.3) is 0 Å². The van der Waals surface area contributed by atoms with Crippen LogP contribution in [-0.2, 0) is 9.59 Å². The van der Waals surface area contributed by atoms with Crippen molar-refractivity contribution in [2.45, 2.75) is 38.2 Å². The van der Waals surface area contributed by atoms with Gasteiger partial charge in [0.2, 0.25) is 0 Å². The van der Waals surface area contributed by atoms with E-state index in [1.165, 1.54) is 6.42 Å². The standard InChI is InChI=1S/C16H21ClN2O3/c17-12-8-4-5-9-13(12)19-16(22)15(21)18-10-14(20)11-6-2-1-3-7-11/h4-5,8-9,11,14,20H,1-3,6-7,10H2,(H,18,21)(H,19,22). The van der Waals surface area contributed by atoms with Gasteiger partial charge in [-0.05, 0) is 30.9 Å². The fraction of sp³-hybridized carbons (Fsp3) is 0.500. The Kier molecular flexibility index (Phi) is 6.21. The van der Waals surface area contributed by atoms with Crippen LogP contribution in [0.2, 0.25) is 5.02 Å². The molecule has 2 amide bonds. The smallest absolute Gasteiger partial charge is 0.313 e. The molecule has 22 heavy (non-hydrogen) atoms. The number of rotatable bonds is 4. The summed E-state index contributed by atoms with van der Waals surface area (Å²) in [5.74, 6) is -1.35. The van der Waals surface area contributed by atoms with Crippen LogP contribution in [-0.4, -0.2) is 29.6 Å². The Morgan fingerprint density at radius 1 is 1.18 bits per heavy atom. The monoisotopic (exact) mass is 324 g/mol. The van der Waals surface area contributed by atoms with Gasteiger partial charge in [0.25, 0.3) is 0 Å². The zero-order valence-electron chi connectivity index (χ0n) is 12.3. The molecule has 0 spiro atoms. The quantitative estimate of drug-likeness (QED) is 0.744. The zero-order valence-corrected chi connectivity index (χ0v) is 13.1. The zero-order chi connectivity index (χ0) is 15.9. The molecule has 1 atom stereocenters. The minimum Gasteiger partial charge on any atom is -0.391 e. The topological polar surface area (TPSA) is 78.4 Å². The van der Waals surface area contributed by atoms with Crippen LogP contribution in [0.3, 0.4) is 0 Å². The summed E-state index contributed by atoms with van der Waals surface area (Å²) in [4.78, 5) is 23.6. The lowest BCUT2D eigenvalue weighted by Gasteiger charge is -2.26. The van der Waals surface area contributed by atoms with Gasteiger partial charge in [0, 0.05) is 6.54 Å². The first-order valence-electron chi connectivity index (χ1n) is 7.59. The fourth-order valence-electron chi connectivity index (χ4n) is 2.70. The molecule has 1 aliphatic carbocycles. The minimum absolute atomic E-state index is 0.0967. The highest BCUT2D eigenvalue weighted by Gasteiger charge is 2.23. The van der Waals surface area contributed by atoms with Crippen LogP contribution < -0.4 is 10.6 Å². The number of nitrogens with one attached hydrogen (secondary N) is 2. The van der Waals surface area contributed by atoms with E-state index in [1.807, 2.05) is 0 Å². The highest BCUT2D eigenvalue weighted by molar-refractivity contribution is 6.41. The summed E-state index contributed by atoms with van der Waals surface area (Å²) in [6.07, 6.45) is 4.78. The molecule has 6 heteroatoms. The Morgan fingerprint density at radius 3 is 2.55 bits per heavy atom. The second kappa shape index (κ2) is 8.15. The lowest BCUT2D eigenvalue weighted by molar-refractivity contribution is -0.136. The SMILES string of the molecule is O=C(NCC(O)C1CCCCC1)C(=O)Nc1ccccc1Cl. The number of para-hydroxylation sites is 1. The van der Waals surface area contributed by atoms with E-state index in [0.29, 0.717) is 10.7 Å². The van der Waals surface area contributed by atoms with E-state index < -0.39 is 17.9 Å². The first-order chi connectivity index (χ1) is 10.6.